The third-order valence-corrected chi connectivity index (χ3v) is 4.04. The summed E-state index contributed by atoms with van der Waals surface area (Å²) in [6.07, 6.45) is 11.2. The van der Waals surface area contributed by atoms with Gasteiger partial charge in [-0.15, -0.1) is 0 Å². The summed E-state index contributed by atoms with van der Waals surface area (Å²) < 4.78 is 1.05. The minimum Gasteiger partial charge on any atom is -0.323 e. The molecule has 0 amide bonds. The predicted molar refractivity (Wildman–Crippen MR) is 63.0 cm³/mol. The lowest BCUT2D eigenvalue weighted by Crippen LogP contribution is -2.58. The highest BCUT2D eigenvalue weighted by atomic mass is 79.9. The molecule has 1 fully saturated rings. The fourth-order valence-electron chi connectivity index (χ4n) is 2.54. The Morgan fingerprint density at radius 1 is 1.36 bits per heavy atom. The second kappa shape index (κ2) is 3.80. The molecule has 0 aromatic rings. The van der Waals surface area contributed by atoms with E-state index in [9.17, 15) is 0 Å². The van der Waals surface area contributed by atoms with Gasteiger partial charge in [0.05, 0.1) is 5.54 Å². The molecule has 1 saturated carbocycles. The summed E-state index contributed by atoms with van der Waals surface area (Å²) in [5.74, 6) is 0.561. The number of nitrogens with two attached hydrogens (primary N) is 2. The first-order chi connectivity index (χ1) is 6.63. The van der Waals surface area contributed by atoms with E-state index in [1.165, 1.54) is 25.7 Å². The molecule has 78 valence electrons. The van der Waals surface area contributed by atoms with Crippen LogP contribution in [0.5, 0.6) is 0 Å². The summed E-state index contributed by atoms with van der Waals surface area (Å²) in [6, 6.07) is -0.0509. The van der Waals surface area contributed by atoms with Crippen LogP contribution in [0.25, 0.3) is 0 Å². The number of hydrogen-bond donors (Lipinski definition) is 2. The molecule has 0 bridgehead atoms. The molecular formula is C11H17BrN2. The lowest BCUT2D eigenvalue weighted by Gasteiger charge is -2.38. The molecule has 14 heavy (non-hydrogen) atoms. The molecular weight excluding hydrogens is 240 g/mol. The van der Waals surface area contributed by atoms with Crippen LogP contribution in [0.15, 0.2) is 22.7 Å². The quantitative estimate of drug-likeness (QED) is 0.755. The van der Waals surface area contributed by atoms with Crippen LogP contribution in [0.1, 0.15) is 25.7 Å². The average Bonchev–Trinajstić information content (AvgIpc) is 2.65. The van der Waals surface area contributed by atoms with Gasteiger partial charge in [0.15, 0.2) is 0 Å². The van der Waals surface area contributed by atoms with E-state index in [2.05, 4.69) is 22.0 Å². The van der Waals surface area contributed by atoms with E-state index in [0.717, 1.165) is 4.48 Å². The standard InChI is InChI=1S/C11H17BrN2/c12-9-5-6-11(14,10(13)7-9)8-3-1-2-4-8/h5-8,10H,1-4,13-14H2. The second-order valence-electron chi connectivity index (χ2n) is 4.39. The SMILES string of the molecule is NC1C=C(Br)C=CC1(N)C1CCCC1. The summed E-state index contributed by atoms with van der Waals surface area (Å²) in [6.45, 7) is 0. The average molecular weight is 257 g/mol. The zero-order valence-corrected chi connectivity index (χ0v) is 9.83. The van der Waals surface area contributed by atoms with Crippen molar-refractivity contribution in [2.24, 2.45) is 17.4 Å². The van der Waals surface area contributed by atoms with E-state index in [1.807, 2.05) is 12.2 Å². The Labute approximate surface area is 93.5 Å². The summed E-state index contributed by atoms with van der Waals surface area (Å²) in [5.41, 5.74) is 12.2. The topological polar surface area (TPSA) is 52.0 Å². The van der Waals surface area contributed by atoms with Crippen molar-refractivity contribution in [2.75, 3.05) is 0 Å². The van der Waals surface area contributed by atoms with Crippen molar-refractivity contribution in [3.05, 3.63) is 22.7 Å². The molecule has 2 unspecified atom stereocenters. The van der Waals surface area contributed by atoms with Crippen molar-refractivity contribution in [1.82, 2.24) is 0 Å². The smallest absolute Gasteiger partial charge is 0.0561 e. The van der Waals surface area contributed by atoms with Crippen LogP contribution < -0.4 is 11.5 Å². The molecule has 0 heterocycles. The molecule has 2 rings (SSSR count). The van der Waals surface area contributed by atoms with Crippen molar-refractivity contribution >= 4 is 15.9 Å². The zero-order chi connectivity index (χ0) is 10.2. The molecule has 0 saturated heterocycles. The number of allylic oxidation sites excluding steroid dienone is 2. The molecule has 4 N–H and O–H groups in total. The van der Waals surface area contributed by atoms with Crippen LogP contribution in [0, 0.1) is 5.92 Å². The van der Waals surface area contributed by atoms with Crippen LogP contribution in [-0.2, 0) is 0 Å². The highest BCUT2D eigenvalue weighted by molar-refractivity contribution is 9.11. The summed E-state index contributed by atoms with van der Waals surface area (Å²) in [4.78, 5) is 0. The lowest BCUT2D eigenvalue weighted by atomic mass is 9.76. The van der Waals surface area contributed by atoms with E-state index < -0.39 is 0 Å². The van der Waals surface area contributed by atoms with Gasteiger partial charge in [-0.2, -0.15) is 0 Å². The maximum absolute atomic E-state index is 6.39. The maximum Gasteiger partial charge on any atom is 0.0561 e. The summed E-state index contributed by atoms with van der Waals surface area (Å²) >= 11 is 3.43. The van der Waals surface area contributed by atoms with Gasteiger partial charge in [-0.25, -0.2) is 0 Å². The van der Waals surface area contributed by atoms with Crippen molar-refractivity contribution in [3.63, 3.8) is 0 Å². The van der Waals surface area contributed by atoms with Gasteiger partial charge in [-0.1, -0.05) is 47.0 Å². The highest BCUT2D eigenvalue weighted by Crippen LogP contribution is 2.37. The zero-order valence-electron chi connectivity index (χ0n) is 8.25. The van der Waals surface area contributed by atoms with E-state index in [0.29, 0.717) is 5.92 Å². The van der Waals surface area contributed by atoms with Crippen molar-refractivity contribution < 1.29 is 0 Å². The van der Waals surface area contributed by atoms with Gasteiger partial charge in [0, 0.05) is 10.5 Å². The van der Waals surface area contributed by atoms with Gasteiger partial charge in [-0.3, -0.25) is 0 Å². The van der Waals surface area contributed by atoms with Crippen molar-refractivity contribution in [1.29, 1.82) is 0 Å². The van der Waals surface area contributed by atoms with Crippen LogP contribution in [0.2, 0.25) is 0 Å². The molecule has 0 aromatic carbocycles. The molecule has 0 aromatic heterocycles. The maximum atomic E-state index is 6.39. The normalized spacial score (nSPS) is 38.8. The largest absolute Gasteiger partial charge is 0.323 e. The lowest BCUT2D eigenvalue weighted by molar-refractivity contribution is 0.309. The van der Waals surface area contributed by atoms with Crippen molar-refractivity contribution in [3.8, 4) is 0 Å². The van der Waals surface area contributed by atoms with Crippen LogP contribution in [-0.4, -0.2) is 11.6 Å². The number of rotatable bonds is 1. The van der Waals surface area contributed by atoms with Crippen LogP contribution in [0.4, 0.5) is 0 Å². The Morgan fingerprint density at radius 3 is 2.57 bits per heavy atom. The number of halogens is 1. The molecule has 2 aliphatic rings. The highest BCUT2D eigenvalue weighted by Gasteiger charge is 2.39. The van der Waals surface area contributed by atoms with Gasteiger partial charge >= 0.3 is 0 Å². The van der Waals surface area contributed by atoms with Gasteiger partial charge in [0.1, 0.15) is 0 Å². The van der Waals surface area contributed by atoms with Crippen LogP contribution in [0.3, 0.4) is 0 Å². The van der Waals surface area contributed by atoms with E-state index in [-0.39, 0.29) is 11.6 Å². The molecule has 0 aliphatic heterocycles. The molecule has 2 atom stereocenters. The third-order valence-electron chi connectivity index (χ3n) is 3.51. The molecule has 0 radical (unpaired) electrons. The van der Waals surface area contributed by atoms with E-state index in [1.54, 1.807) is 0 Å². The molecule has 0 spiro atoms. The second-order valence-corrected chi connectivity index (χ2v) is 5.31. The van der Waals surface area contributed by atoms with Gasteiger partial charge in [0.2, 0.25) is 0 Å². The Hall–Kier alpha value is -0.120. The first kappa shape index (κ1) is 10.4. The first-order valence-corrected chi connectivity index (χ1v) is 6.03. The fraction of sp³-hybridized carbons (Fsp3) is 0.636. The first-order valence-electron chi connectivity index (χ1n) is 5.24. The molecule has 3 heteroatoms. The van der Waals surface area contributed by atoms with E-state index in [4.69, 9.17) is 11.5 Å². The van der Waals surface area contributed by atoms with Gasteiger partial charge < -0.3 is 11.5 Å². The Bertz CT molecular complexity index is 279. The molecule has 2 aliphatic carbocycles. The Kier molecular flexibility index (Phi) is 2.82. The van der Waals surface area contributed by atoms with Crippen molar-refractivity contribution in [2.45, 2.75) is 37.3 Å². The minimum absolute atomic E-state index is 0.0509. The third kappa shape index (κ3) is 1.69. The van der Waals surface area contributed by atoms with Gasteiger partial charge in [0.25, 0.3) is 0 Å². The summed E-state index contributed by atoms with van der Waals surface area (Å²) in [7, 11) is 0. The Morgan fingerprint density at radius 2 is 2.00 bits per heavy atom. The summed E-state index contributed by atoms with van der Waals surface area (Å²) in [5, 5.41) is 0. The monoisotopic (exact) mass is 256 g/mol. The fourth-order valence-corrected chi connectivity index (χ4v) is 2.96. The van der Waals surface area contributed by atoms with Gasteiger partial charge in [-0.05, 0) is 18.8 Å². The predicted octanol–water partition coefficient (Wildman–Crippen LogP) is 2.05. The number of hydrogen-bond acceptors (Lipinski definition) is 2. The minimum atomic E-state index is -0.312. The van der Waals surface area contributed by atoms with Crippen LogP contribution >= 0.6 is 15.9 Å². The Balaban J connectivity index is 2.19. The molecule has 2 nitrogen and oxygen atoms in total. The van der Waals surface area contributed by atoms with E-state index >= 15 is 0 Å².